The summed E-state index contributed by atoms with van der Waals surface area (Å²) < 4.78 is 0. The summed E-state index contributed by atoms with van der Waals surface area (Å²) in [4.78, 5) is 18.5. The largest absolute Gasteiger partial charge is 0.366 e. The molecule has 2 aromatic heterocycles. The minimum absolute atomic E-state index is 0.0838. The van der Waals surface area contributed by atoms with Gasteiger partial charge in [-0.2, -0.15) is 5.10 Å². The van der Waals surface area contributed by atoms with Crippen LogP contribution in [0.1, 0.15) is 51.8 Å². The van der Waals surface area contributed by atoms with Crippen LogP contribution in [-0.4, -0.2) is 38.6 Å². The van der Waals surface area contributed by atoms with Crippen LogP contribution in [0.3, 0.4) is 0 Å². The average Bonchev–Trinajstić information content (AvgIpc) is 2.89. The Bertz CT molecular complexity index is 678. The molecule has 0 aromatic carbocycles. The first kappa shape index (κ1) is 14.8. The molecule has 1 atom stereocenters. The van der Waals surface area contributed by atoms with Crippen molar-refractivity contribution >= 4 is 22.8 Å². The van der Waals surface area contributed by atoms with Crippen molar-refractivity contribution in [1.82, 2.24) is 20.1 Å². The zero-order chi connectivity index (χ0) is 15.7. The highest BCUT2D eigenvalue weighted by Gasteiger charge is 2.27. The maximum atomic E-state index is 11.8. The number of rotatable bonds is 3. The van der Waals surface area contributed by atoms with E-state index < -0.39 is 0 Å². The van der Waals surface area contributed by atoms with Crippen molar-refractivity contribution in [1.29, 1.82) is 0 Å². The number of amides is 1. The Morgan fingerprint density at radius 3 is 2.95 bits per heavy atom. The van der Waals surface area contributed by atoms with Crippen LogP contribution < -0.4 is 5.32 Å². The monoisotopic (exact) mass is 301 g/mol. The number of fused-ring (bicyclic) bond motifs is 1. The highest BCUT2D eigenvalue weighted by Crippen LogP contribution is 2.31. The van der Waals surface area contributed by atoms with Crippen molar-refractivity contribution in [3.8, 4) is 0 Å². The number of carbonyl (C=O) groups is 1. The summed E-state index contributed by atoms with van der Waals surface area (Å²) in [5, 5.41) is 11.6. The first-order valence-corrected chi connectivity index (χ1v) is 7.95. The van der Waals surface area contributed by atoms with Gasteiger partial charge in [-0.1, -0.05) is 0 Å². The van der Waals surface area contributed by atoms with Gasteiger partial charge in [0.1, 0.15) is 0 Å². The molecule has 3 heterocycles. The molecule has 0 unspecified atom stereocenters. The van der Waals surface area contributed by atoms with Crippen LogP contribution in [0.5, 0.6) is 0 Å². The summed E-state index contributed by atoms with van der Waals surface area (Å²) in [5.41, 5.74) is 1.72. The van der Waals surface area contributed by atoms with Gasteiger partial charge in [0.05, 0.1) is 17.1 Å². The highest BCUT2D eigenvalue weighted by molar-refractivity contribution is 5.87. The molecule has 0 spiro atoms. The molecular formula is C16H23N5O. The molecule has 6 heteroatoms. The number of hydrogen-bond acceptors (Lipinski definition) is 4. The predicted octanol–water partition coefficient (Wildman–Crippen LogP) is 2.85. The number of aromatic amines is 1. The van der Waals surface area contributed by atoms with Crippen LogP contribution in [0, 0.1) is 0 Å². The SMILES string of the molecule is CC(=O)N1CCCC[C@@H]1c1ccc2c(NC(C)C)n[nH]c2n1. The maximum absolute atomic E-state index is 11.8. The van der Waals surface area contributed by atoms with Gasteiger partial charge in [-0.25, -0.2) is 4.98 Å². The molecule has 0 saturated carbocycles. The summed E-state index contributed by atoms with van der Waals surface area (Å²) in [6.07, 6.45) is 3.19. The molecule has 1 aliphatic heterocycles. The molecule has 6 nitrogen and oxygen atoms in total. The lowest BCUT2D eigenvalue weighted by Crippen LogP contribution is -2.37. The van der Waals surface area contributed by atoms with Crippen LogP contribution in [0.4, 0.5) is 5.82 Å². The van der Waals surface area contributed by atoms with Gasteiger partial charge in [0.25, 0.3) is 0 Å². The maximum Gasteiger partial charge on any atom is 0.220 e. The molecule has 2 N–H and O–H groups in total. The standard InChI is InChI=1S/C16H23N5O/c1-10(2)17-15-12-7-8-13(18-16(12)20-19-15)14-6-4-5-9-21(14)11(3)22/h7-8,10,14H,4-6,9H2,1-3H3,(H2,17,18,19,20)/t14-/m1/s1. The number of nitrogens with one attached hydrogen (secondary N) is 2. The van der Waals surface area contributed by atoms with Gasteiger partial charge in [0, 0.05) is 19.5 Å². The van der Waals surface area contributed by atoms with Gasteiger partial charge in [0.2, 0.25) is 5.91 Å². The molecule has 1 fully saturated rings. The third-order valence-corrected chi connectivity index (χ3v) is 4.12. The Labute approximate surface area is 130 Å². The van der Waals surface area contributed by atoms with Crippen molar-refractivity contribution in [3.63, 3.8) is 0 Å². The van der Waals surface area contributed by atoms with Crippen molar-refractivity contribution in [3.05, 3.63) is 17.8 Å². The van der Waals surface area contributed by atoms with Gasteiger partial charge in [-0.05, 0) is 45.2 Å². The normalized spacial score (nSPS) is 18.9. The number of likely N-dealkylation sites (tertiary alicyclic amines) is 1. The third-order valence-electron chi connectivity index (χ3n) is 4.12. The van der Waals surface area contributed by atoms with Gasteiger partial charge >= 0.3 is 0 Å². The molecule has 2 aromatic rings. The van der Waals surface area contributed by atoms with Gasteiger partial charge in [-0.3, -0.25) is 9.89 Å². The van der Waals surface area contributed by atoms with E-state index in [9.17, 15) is 4.79 Å². The molecule has 22 heavy (non-hydrogen) atoms. The number of hydrogen-bond donors (Lipinski definition) is 2. The van der Waals surface area contributed by atoms with Crippen LogP contribution in [-0.2, 0) is 4.79 Å². The summed E-state index contributed by atoms with van der Waals surface area (Å²) in [6.45, 7) is 6.62. The van der Waals surface area contributed by atoms with E-state index in [1.54, 1.807) is 6.92 Å². The van der Waals surface area contributed by atoms with Crippen LogP contribution in [0.25, 0.3) is 11.0 Å². The molecule has 118 valence electrons. The minimum atomic E-state index is 0.0838. The fourth-order valence-electron chi connectivity index (χ4n) is 3.10. The van der Waals surface area contributed by atoms with Gasteiger partial charge in [0.15, 0.2) is 11.5 Å². The second-order valence-electron chi connectivity index (χ2n) is 6.23. The van der Waals surface area contributed by atoms with Crippen molar-refractivity contribution in [2.45, 2.75) is 52.1 Å². The average molecular weight is 301 g/mol. The van der Waals surface area contributed by atoms with E-state index in [0.717, 1.165) is 48.4 Å². The summed E-state index contributed by atoms with van der Waals surface area (Å²) in [5.74, 6) is 0.953. The highest BCUT2D eigenvalue weighted by atomic mass is 16.2. The number of pyridine rings is 1. The zero-order valence-electron chi connectivity index (χ0n) is 13.4. The van der Waals surface area contributed by atoms with Crippen molar-refractivity contribution in [2.75, 3.05) is 11.9 Å². The fraction of sp³-hybridized carbons (Fsp3) is 0.562. The quantitative estimate of drug-likeness (QED) is 0.914. The third kappa shape index (κ3) is 2.77. The van der Waals surface area contributed by atoms with Crippen molar-refractivity contribution in [2.24, 2.45) is 0 Å². The van der Waals surface area contributed by atoms with E-state index in [0.29, 0.717) is 6.04 Å². The number of carbonyl (C=O) groups excluding carboxylic acids is 1. The van der Waals surface area contributed by atoms with E-state index in [2.05, 4.69) is 29.4 Å². The number of H-pyrrole nitrogens is 1. The lowest BCUT2D eigenvalue weighted by atomic mass is 9.98. The second-order valence-corrected chi connectivity index (χ2v) is 6.23. The van der Waals surface area contributed by atoms with E-state index >= 15 is 0 Å². The predicted molar refractivity (Wildman–Crippen MR) is 86.6 cm³/mol. The Hall–Kier alpha value is -2.11. The number of nitrogens with zero attached hydrogens (tertiary/aromatic N) is 3. The number of piperidine rings is 1. The van der Waals surface area contributed by atoms with E-state index in [1.807, 2.05) is 17.0 Å². The van der Waals surface area contributed by atoms with E-state index in [4.69, 9.17) is 4.98 Å². The van der Waals surface area contributed by atoms with E-state index in [1.165, 1.54) is 0 Å². The molecule has 1 saturated heterocycles. The lowest BCUT2D eigenvalue weighted by molar-refractivity contribution is -0.132. The smallest absolute Gasteiger partial charge is 0.220 e. The first-order valence-electron chi connectivity index (χ1n) is 7.95. The number of aromatic nitrogens is 3. The summed E-state index contributed by atoms with van der Waals surface area (Å²) in [6, 6.07) is 4.46. The molecule has 0 bridgehead atoms. The minimum Gasteiger partial charge on any atom is -0.366 e. The van der Waals surface area contributed by atoms with Crippen LogP contribution >= 0.6 is 0 Å². The van der Waals surface area contributed by atoms with Gasteiger partial charge in [-0.15, -0.1) is 0 Å². The number of anilines is 1. The van der Waals surface area contributed by atoms with Crippen LogP contribution in [0.2, 0.25) is 0 Å². The molecule has 0 radical (unpaired) electrons. The Morgan fingerprint density at radius 2 is 2.23 bits per heavy atom. The zero-order valence-corrected chi connectivity index (χ0v) is 13.4. The molecule has 3 rings (SSSR count). The molecular weight excluding hydrogens is 278 g/mol. The summed E-state index contributed by atoms with van der Waals surface area (Å²) in [7, 11) is 0. The molecule has 1 amide bonds. The second kappa shape index (κ2) is 5.94. The fourth-order valence-corrected chi connectivity index (χ4v) is 3.10. The van der Waals surface area contributed by atoms with Crippen molar-refractivity contribution < 1.29 is 4.79 Å². The Balaban J connectivity index is 1.93. The Kier molecular flexibility index (Phi) is 4.00. The summed E-state index contributed by atoms with van der Waals surface area (Å²) >= 11 is 0. The molecule has 1 aliphatic rings. The lowest BCUT2D eigenvalue weighted by Gasteiger charge is -2.34. The topological polar surface area (TPSA) is 73.9 Å². The van der Waals surface area contributed by atoms with Gasteiger partial charge < -0.3 is 10.2 Å². The Morgan fingerprint density at radius 1 is 1.41 bits per heavy atom. The first-order chi connectivity index (χ1) is 10.6. The molecule has 0 aliphatic carbocycles. The van der Waals surface area contributed by atoms with Crippen LogP contribution in [0.15, 0.2) is 12.1 Å². The van der Waals surface area contributed by atoms with E-state index in [-0.39, 0.29) is 11.9 Å².